The molecule has 5 fully saturated rings. The van der Waals surface area contributed by atoms with Gasteiger partial charge in [0.1, 0.15) is 11.2 Å². The second-order valence-corrected chi connectivity index (χ2v) is 16.1. The summed E-state index contributed by atoms with van der Waals surface area (Å²) in [5.74, 6) is -0.200. The minimum Gasteiger partial charge on any atom is -0.372 e. The van der Waals surface area contributed by atoms with E-state index in [-0.39, 0.29) is 76.6 Å². The van der Waals surface area contributed by atoms with Crippen LogP contribution in [0.4, 0.5) is 17.6 Å². The van der Waals surface area contributed by atoms with Crippen LogP contribution in [-0.4, -0.2) is 50.6 Å². The SMILES string of the molecule is Cc1nc2c(F)c(-c3cccc(Cl)c3Cl)c(CCC#N)cc2c2c1cc(C1CC(OCc3ccc(C(F)(F)F)nc3)CN1C(=O)C1CC1)n2C1C2CNC1C2. The lowest BCUT2D eigenvalue weighted by Gasteiger charge is -2.39. The summed E-state index contributed by atoms with van der Waals surface area (Å²) in [4.78, 5) is 24.3. The summed E-state index contributed by atoms with van der Waals surface area (Å²) in [5.41, 5.74) is 3.42. The van der Waals surface area contributed by atoms with E-state index in [1.807, 2.05) is 17.9 Å². The zero-order valence-electron chi connectivity index (χ0n) is 29.8. The number of aromatic nitrogens is 3. The molecule has 284 valence electrons. The zero-order chi connectivity index (χ0) is 38.3. The third-order valence-electron chi connectivity index (χ3n) is 11.8. The van der Waals surface area contributed by atoms with Gasteiger partial charge in [0.15, 0.2) is 5.82 Å². The molecular weight excluding hydrogens is 755 g/mol. The van der Waals surface area contributed by atoms with Crippen LogP contribution in [0.25, 0.3) is 32.9 Å². The molecule has 8 nitrogen and oxygen atoms in total. The molecule has 5 aliphatic rings. The smallest absolute Gasteiger partial charge is 0.372 e. The zero-order valence-corrected chi connectivity index (χ0v) is 31.3. The molecule has 3 aromatic heterocycles. The van der Waals surface area contributed by atoms with Crippen LogP contribution in [0.1, 0.15) is 72.4 Å². The van der Waals surface area contributed by atoms with Gasteiger partial charge < -0.3 is 19.5 Å². The van der Waals surface area contributed by atoms with Crippen molar-refractivity contribution in [1.82, 2.24) is 24.8 Å². The van der Waals surface area contributed by atoms with Crippen molar-refractivity contribution >= 4 is 50.9 Å². The number of halogens is 6. The lowest BCUT2D eigenvalue weighted by atomic mass is 9.79. The molecule has 14 heteroatoms. The van der Waals surface area contributed by atoms with Crippen molar-refractivity contribution in [3.63, 3.8) is 0 Å². The third-order valence-corrected chi connectivity index (χ3v) is 12.7. The van der Waals surface area contributed by atoms with Crippen molar-refractivity contribution in [3.05, 3.63) is 92.7 Å². The number of nitriles is 1. The van der Waals surface area contributed by atoms with Gasteiger partial charge in [0.2, 0.25) is 5.91 Å². The molecule has 2 aromatic carbocycles. The largest absolute Gasteiger partial charge is 0.433 e. The van der Waals surface area contributed by atoms with Gasteiger partial charge >= 0.3 is 6.18 Å². The average Bonchev–Trinajstić information content (AvgIpc) is 3.45. The quantitative estimate of drug-likeness (QED) is 0.150. The first-order valence-corrected chi connectivity index (χ1v) is 19.3. The number of pyridine rings is 2. The highest BCUT2D eigenvalue weighted by Crippen LogP contribution is 2.51. The Morgan fingerprint density at radius 2 is 1.95 bits per heavy atom. The summed E-state index contributed by atoms with van der Waals surface area (Å²) in [6, 6.07) is 13.5. The Kier molecular flexibility index (Phi) is 9.08. The van der Waals surface area contributed by atoms with E-state index >= 15 is 4.39 Å². The van der Waals surface area contributed by atoms with E-state index in [1.165, 1.54) is 12.3 Å². The second-order valence-electron chi connectivity index (χ2n) is 15.3. The monoisotopic (exact) mass is 790 g/mol. The van der Waals surface area contributed by atoms with E-state index in [1.54, 1.807) is 18.2 Å². The van der Waals surface area contributed by atoms with Crippen LogP contribution in [0.2, 0.25) is 10.0 Å². The lowest BCUT2D eigenvalue weighted by molar-refractivity contribution is -0.141. The maximum Gasteiger partial charge on any atom is 0.433 e. The summed E-state index contributed by atoms with van der Waals surface area (Å²) >= 11 is 13.1. The summed E-state index contributed by atoms with van der Waals surface area (Å²) in [6.45, 7) is 3.09. The lowest BCUT2D eigenvalue weighted by Crippen LogP contribution is -2.41. The number of alkyl halides is 3. The van der Waals surface area contributed by atoms with Crippen LogP contribution in [0.3, 0.4) is 0 Å². The van der Waals surface area contributed by atoms with Gasteiger partial charge in [-0.3, -0.25) is 9.78 Å². The van der Waals surface area contributed by atoms with Crippen molar-refractivity contribution in [1.29, 1.82) is 5.26 Å². The maximum atomic E-state index is 17.2. The maximum absolute atomic E-state index is 17.2. The van der Waals surface area contributed by atoms with E-state index < -0.39 is 17.7 Å². The number of rotatable bonds is 9. The van der Waals surface area contributed by atoms with Crippen molar-refractivity contribution in [3.8, 4) is 17.2 Å². The van der Waals surface area contributed by atoms with Gasteiger partial charge in [-0.25, -0.2) is 9.37 Å². The number of aryl methyl sites for hydroxylation is 2. The molecule has 55 heavy (non-hydrogen) atoms. The van der Waals surface area contributed by atoms with Gasteiger partial charge in [-0.05, 0) is 73.9 Å². The highest BCUT2D eigenvalue weighted by molar-refractivity contribution is 6.43. The summed E-state index contributed by atoms with van der Waals surface area (Å²) in [7, 11) is 0. The molecule has 0 spiro atoms. The number of nitrogens with zero attached hydrogens (tertiary/aromatic N) is 5. The van der Waals surface area contributed by atoms with Gasteiger partial charge in [-0.1, -0.05) is 41.4 Å². The number of nitrogens with one attached hydrogen (secondary N) is 1. The molecule has 2 aliphatic carbocycles. The molecule has 1 N–H and O–H groups in total. The molecule has 3 saturated heterocycles. The Hall–Kier alpha value is -4.28. The van der Waals surface area contributed by atoms with Crippen molar-refractivity contribution in [2.24, 2.45) is 11.8 Å². The Labute approximate surface area is 324 Å². The molecule has 5 unspecified atom stereocenters. The number of likely N-dealkylation sites (tertiary alicyclic amines) is 1. The van der Waals surface area contributed by atoms with E-state index in [9.17, 15) is 23.2 Å². The molecular formula is C41H36Cl2F4N6O2. The fourth-order valence-electron chi connectivity index (χ4n) is 9.00. The molecule has 5 aromatic rings. The van der Waals surface area contributed by atoms with E-state index in [0.717, 1.165) is 48.5 Å². The molecule has 2 bridgehead atoms. The third kappa shape index (κ3) is 6.24. The normalized spacial score (nSPS) is 23.5. The van der Waals surface area contributed by atoms with Crippen LogP contribution >= 0.6 is 23.2 Å². The Balaban J connectivity index is 1.18. The standard InChI is InChI=1S/C41H36Cl2F4N6O2/c1-20-27-15-32(31-14-25(18-52(31)40(54)22-8-9-22)55-19-21-7-10-33(50-16-21)41(45,46)47)53(38-24-13-30(38)49-17-24)39(27)28-12-23(4-3-11-48)34(36(44)37(28)51-20)26-5-2-6-29(42)35(26)43/h2,5-7,10,12,15-16,22,24-25,30-31,38,49H,3-4,8-9,13-14,17-19H2,1H3. The Bertz CT molecular complexity index is 2390. The van der Waals surface area contributed by atoms with Crippen LogP contribution in [0.15, 0.2) is 48.7 Å². The van der Waals surface area contributed by atoms with Crippen LogP contribution in [-0.2, 0) is 28.7 Å². The molecule has 2 saturated carbocycles. The number of carbonyl (C=O) groups is 1. The van der Waals surface area contributed by atoms with Gasteiger partial charge in [0.25, 0.3) is 0 Å². The highest BCUT2D eigenvalue weighted by atomic mass is 35.5. The first-order valence-electron chi connectivity index (χ1n) is 18.6. The first-order chi connectivity index (χ1) is 26.4. The number of amides is 1. The van der Waals surface area contributed by atoms with Crippen molar-refractivity contribution < 1.29 is 27.1 Å². The fourth-order valence-corrected chi connectivity index (χ4v) is 9.39. The van der Waals surface area contributed by atoms with E-state index in [2.05, 4.69) is 27.0 Å². The minimum absolute atomic E-state index is 0.0467. The predicted octanol–water partition coefficient (Wildman–Crippen LogP) is 9.28. The molecule has 0 radical (unpaired) electrons. The number of carbonyl (C=O) groups excluding carboxylic acids is 1. The number of hydrogen-bond donors (Lipinski definition) is 1. The second kappa shape index (κ2) is 13.7. The molecule has 10 rings (SSSR count). The van der Waals surface area contributed by atoms with Crippen LogP contribution in [0, 0.1) is 35.9 Å². The van der Waals surface area contributed by atoms with Gasteiger partial charge in [-0.15, -0.1) is 0 Å². The summed E-state index contributed by atoms with van der Waals surface area (Å²) in [5, 5.41) is 15.2. The summed E-state index contributed by atoms with van der Waals surface area (Å²) in [6.07, 6.45) is -0.180. The molecule has 1 amide bonds. The van der Waals surface area contributed by atoms with E-state index in [0.29, 0.717) is 46.7 Å². The Morgan fingerprint density at radius 1 is 1.13 bits per heavy atom. The Morgan fingerprint density at radius 3 is 2.62 bits per heavy atom. The van der Waals surface area contributed by atoms with Gasteiger partial charge in [-0.2, -0.15) is 18.4 Å². The van der Waals surface area contributed by atoms with Crippen LogP contribution in [0.5, 0.6) is 0 Å². The fraction of sp³-hybridized carbons (Fsp3) is 0.415. The topological polar surface area (TPSA) is 96.1 Å². The molecule has 6 heterocycles. The predicted molar refractivity (Wildman–Crippen MR) is 200 cm³/mol. The molecule has 5 atom stereocenters. The van der Waals surface area contributed by atoms with Gasteiger partial charge in [0, 0.05) is 77.4 Å². The van der Waals surface area contributed by atoms with Crippen molar-refractivity contribution in [2.75, 3.05) is 13.1 Å². The average molecular weight is 792 g/mol. The van der Waals surface area contributed by atoms with Crippen LogP contribution < -0.4 is 5.32 Å². The van der Waals surface area contributed by atoms with Gasteiger partial charge in [0.05, 0.1) is 46.4 Å². The number of hydrogen-bond acceptors (Lipinski definition) is 6. The highest BCUT2D eigenvalue weighted by Gasteiger charge is 2.51. The minimum atomic E-state index is -4.54. The van der Waals surface area contributed by atoms with E-state index in [4.69, 9.17) is 32.9 Å². The number of benzene rings is 2. The molecule has 3 aliphatic heterocycles. The number of fused-ring (bicyclic) bond motifs is 4. The number of ether oxygens (including phenoxy) is 1. The first kappa shape index (κ1) is 36.4. The summed E-state index contributed by atoms with van der Waals surface area (Å²) < 4.78 is 65.2. The van der Waals surface area contributed by atoms with Crippen molar-refractivity contribution in [2.45, 2.75) is 82.5 Å².